The Morgan fingerprint density at radius 3 is 2.53 bits per heavy atom. The van der Waals surface area contributed by atoms with Gasteiger partial charge in [-0.15, -0.1) is 0 Å². The Morgan fingerprint density at radius 1 is 1.25 bits per heavy atom. The molecule has 6 heteroatoms. The van der Waals surface area contributed by atoms with Gasteiger partial charge >= 0.3 is 5.97 Å². The van der Waals surface area contributed by atoms with Crippen molar-refractivity contribution in [1.82, 2.24) is 5.32 Å². The third kappa shape index (κ3) is 4.95. The van der Waals surface area contributed by atoms with E-state index in [1.807, 2.05) is 13.0 Å². The number of hydrogen-bond acceptors (Lipinski definition) is 6. The summed E-state index contributed by atoms with van der Waals surface area (Å²) in [6.07, 6.45) is 5.75. The number of Topliss-reactive ketones (excluding diaryl/α,β-unsaturated/α-hetero) is 1. The molecule has 178 valence electrons. The molecule has 3 atom stereocenters. The quantitative estimate of drug-likeness (QED) is 0.491. The number of phenolic OH excluding ortho intramolecular Hbond substituents is 1. The van der Waals surface area contributed by atoms with Crippen molar-refractivity contribution in [2.75, 3.05) is 20.8 Å². The van der Waals surface area contributed by atoms with E-state index in [9.17, 15) is 14.7 Å². The first-order valence-corrected chi connectivity index (χ1v) is 12.0. The van der Waals surface area contributed by atoms with E-state index in [1.165, 1.54) is 20.0 Å². The van der Waals surface area contributed by atoms with Gasteiger partial charge < -0.3 is 19.9 Å². The number of rotatable bonds is 11. The highest BCUT2D eigenvalue weighted by atomic mass is 16.5. The zero-order chi connectivity index (χ0) is 23.5. The molecule has 0 radical (unpaired) electrons. The molecule has 0 bridgehead atoms. The molecule has 1 fully saturated rings. The fourth-order valence-electron chi connectivity index (χ4n) is 5.37. The molecule has 2 N–H and O–H groups in total. The molecule has 1 aromatic rings. The van der Waals surface area contributed by atoms with Gasteiger partial charge in [-0.25, -0.2) is 0 Å². The van der Waals surface area contributed by atoms with Crippen molar-refractivity contribution in [3.8, 4) is 11.5 Å². The molecule has 6 nitrogen and oxygen atoms in total. The van der Waals surface area contributed by atoms with Crippen LogP contribution in [0.3, 0.4) is 0 Å². The van der Waals surface area contributed by atoms with Crippen molar-refractivity contribution in [3.05, 3.63) is 22.8 Å². The molecular weight excluding hydrogens is 406 g/mol. The summed E-state index contributed by atoms with van der Waals surface area (Å²) in [5.41, 5.74) is 2.44. The number of carbonyl (C=O) groups excluding carboxylic acids is 2. The van der Waals surface area contributed by atoms with Crippen LogP contribution in [0.5, 0.6) is 11.5 Å². The minimum atomic E-state index is -0.463. The number of nitrogens with one attached hydrogen (secondary N) is 1. The van der Waals surface area contributed by atoms with E-state index in [0.717, 1.165) is 42.0 Å². The van der Waals surface area contributed by atoms with Crippen LogP contribution >= 0.6 is 0 Å². The number of carbonyl (C=O) groups is 2. The van der Waals surface area contributed by atoms with Crippen LogP contribution < -0.4 is 10.1 Å². The maximum absolute atomic E-state index is 12.7. The van der Waals surface area contributed by atoms with Gasteiger partial charge in [-0.2, -0.15) is 0 Å². The Balaban J connectivity index is 2.14. The SMILES string of the molecule is CCC(=O)C[C@]1(CC)CC(NCC2CC2)C(C)c2c(CCC(=O)OC)cc(OC)c(O)c21. The van der Waals surface area contributed by atoms with E-state index in [4.69, 9.17) is 9.47 Å². The van der Waals surface area contributed by atoms with E-state index < -0.39 is 5.41 Å². The van der Waals surface area contributed by atoms with Gasteiger partial charge in [-0.1, -0.05) is 20.8 Å². The predicted octanol–water partition coefficient (Wildman–Crippen LogP) is 4.40. The Morgan fingerprint density at radius 2 is 1.97 bits per heavy atom. The minimum Gasteiger partial charge on any atom is -0.504 e. The van der Waals surface area contributed by atoms with E-state index in [0.29, 0.717) is 25.0 Å². The second-order valence-corrected chi connectivity index (χ2v) is 9.61. The highest BCUT2D eigenvalue weighted by Crippen LogP contribution is 2.54. The van der Waals surface area contributed by atoms with Crippen LogP contribution in [0.25, 0.3) is 0 Å². The lowest BCUT2D eigenvalue weighted by Crippen LogP contribution is -2.47. The van der Waals surface area contributed by atoms with Crippen LogP contribution in [-0.4, -0.2) is 43.7 Å². The van der Waals surface area contributed by atoms with Crippen molar-refractivity contribution < 1.29 is 24.2 Å². The number of methoxy groups -OCH3 is 2. The largest absolute Gasteiger partial charge is 0.504 e. The van der Waals surface area contributed by atoms with Gasteiger partial charge in [-0.05, 0) is 67.7 Å². The maximum Gasteiger partial charge on any atom is 0.305 e. The molecule has 2 aliphatic carbocycles. The van der Waals surface area contributed by atoms with E-state index in [2.05, 4.69) is 19.2 Å². The zero-order valence-electron chi connectivity index (χ0n) is 20.3. The van der Waals surface area contributed by atoms with Crippen LogP contribution in [-0.2, 0) is 26.2 Å². The molecule has 0 aromatic heterocycles. The van der Waals surface area contributed by atoms with Crippen molar-refractivity contribution in [2.45, 2.75) is 89.5 Å². The third-order valence-electron chi connectivity index (χ3n) is 7.61. The smallest absolute Gasteiger partial charge is 0.305 e. The number of ketones is 1. The summed E-state index contributed by atoms with van der Waals surface area (Å²) in [4.78, 5) is 24.6. The molecule has 0 spiro atoms. The van der Waals surface area contributed by atoms with E-state index >= 15 is 0 Å². The molecular formula is C26H39NO5. The average Bonchev–Trinajstić information content (AvgIpc) is 3.63. The molecule has 1 saturated carbocycles. The highest BCUT2D eigenvalue weighted by molar-refractivity contribution is 5.80. The van der Waals surface area contributed by atoms with Crippen LogP contribution in [0.4, 0.5) is 0 Å². The fraction of sp³-hybridized carbons (Fsp3) is 0.692. The van der Waals surface area contributed by atoms with Crippen molar-refractivity contribution in [2.24, 2.45) is 5.92 Å². The number of phenols is 1. The summed E-state index contributed by atoms with van der Waals surface area (Å²) in [7, 11) is 2.94. The number of esters is 1. The number of fused-ring (bicyclic) bond motifs is 1. The van der Waals surface area contributed by atoms with Gasteiger partial charge in [-0.3, -0.25) is 9.59 Å². The van der Waals surface area contributed by atoms with Crippen molar-refractivity contribution >= 4 is 11.8 Å². The van der Waals surface area contributed by atoms with Gasteiger partial charge in [0.2, 0.25) is 0 Å². The summed E-state index contributed by atoms with van der Waals surface area (Å²) in [5, 5.41) is 15.1. The van der Waals surface area contributed by atoms with Crippen LogP contribution in [0, 0.1) is 5.92 Å². The molecule has 0 heterocycles. The number of benzene rings is 1. The zero-order valence-corrected chi connectivity index (χ0v) is 20.3. The van der Waals surface area contributed by atoms with Crippen LogP contribution in [0.15, 0.2) is 6.07 Å². The summed E-state index contributed by atoms with van der Waals surface area (Å²) in [6, 6.07) is 2.07. The van der Waals surface area contributed by atoms with E-state index in [1.54, 1.807) is 7.11 Å². The summed E-state index contributed by atoms with van der Waals surface area (Å²) in [6.45, 7) is 7.19. The topological polar surface area (TPSA) is 84.9 Å². The standard InChI is InChI=1S/C26H39NO5/c1-6-19(28)13-26(7-2)14-20(27-15-17-8-9-17)16(3)23-18(10-11-22(29)32-5)12-21(31-4)25(30)24(23)26/h12,16-17,20,27,30H,6-11,13-15H2,1-5H3/t16?,20?,26-/m1/s1. The van der Waals surface area contributed by atoms with Crippen molar-refractivity contribution in [1.29, 1.82) is 0 Å². The molecule has 1 aromatic carbocycles. The molecule has 2 unspecified atom stereocenters. The lowest BCUT2D eigenvalue weighted by molar-refractivity contribution is -0.140. The van der Waals surface area contributed by atoms with E-state index in [-0.39, 0.29) is 35.9 Å². The van der Waals surface area contributed by atoms with Gasteiger partial charge in [0.15, 0.2) is 11.5 Å². The van der Waals surface area contributed by atoms with Crippen LogP contribution in [0.1, 0.15) is 88.3 Å². The Hall–Kier alpha value is -2.08. The first-order chi connectivity index (χ1) is 15.3. The van der Waals surface area contributed by atoms with Gasteiger partial charge in [0, 0.05) is 36.3 Å². The first-order valence-electron chi connectivity index (χ1n) is 12.0. The second kappa shape index (κ2) is 10.2. The number of aryl methyl sites for hydroxylation is 1. The molecule has 3 rings (SSSR count). The number of ether oxygens (including phenoxy) is 2. The number of hydrogen-bond donors (Lipinski definition) is 2. The lowest BCUT2D eigenvalue weighted by atomic mass is 9.60. The maximum atomic E-state index is 12.7. The Kier molecular flexibility index (Phi) is 7.86. The lowest BCUT2D eigenvalue weighted by Gasteiger charge is -2.46. The second-order valence-electron chi connectivity index (χ2n) is 9.61. The van der Waals surface area contributed by atoms with Gasteiger partial charge in [0.1, 0.15) is 5.78 Å². The monoisotopic (exact) mass is 445 g/mol. The molecule has 32 heavy (non-hydrogen) atoms. The predicted molar refractivity (Wildman–Crippen MR) is 124 cm³/mol. The number of aromatic hydroxyl groups is 1. The minimum absolute atomic E-state index is 0.141. The summed E-state index contributed by atoms with van der Waals surface area (Å²) >= 11 is 0. The molecule has 0 amide bonds. The molecule has 0 saturated heterocycles. The molecule has 2 aliphatic rings. The Labute approximate surface area is 192 Å². The van der Waals surface area contributed by atoms with Crippen molar-refractivity contribution in [3.63, 3.8) is 0 Å². The van der Waals surface area contributed by atoms with Gasteiger partial charge in [0.25, 0.3) is 0 Å². The average molecular weight is 446 g/mol. The normalized spacial score (nSPS) is 24.7. The molecule has 0 aliphatic heterocycles. The third-order valence-corrected chi connectivity index (χ3v) is 7.61. The van der Waals surface area contributed by atoms with Gasteiger partial charge in [0.05, 0.1) is 14.2 Å². The summed E-state index contributed by atoms with van der Waals surface area (Å²) < 4.78 is 10.4. The Bertz CT molecular complexity index is 847. The highest BCUT2D eigenvalue weighted by Gasteiger charge is 2.47. The fourth-order valence-corrected chi connectivity index (χ4v) is 5.37. The van der Waals surface area contributed by atoms with Crippen LogP contribution in [0.2, 0.25) is 0 Å². The first kappa shape index (κ1) is 24.6. The summed E-state index contributed by atoms with van der Waals surface area (Å²) in [5.74, 6) is 1.38.